The fourth-order valence-electron chi connectivity index (χ4n) is 7.75. The van der Waals surface area contributed by atoms with Gasteiger partial charge >= 0.3 is 0 Å². The van der Waals surface area contributed by atoms with Crippen molar-refractivity contribution in [3.63, 3.8) is 0 Å². The number of hydrogen-bond donors (Lipinski definition) is 3. The summed E-state index contributed by atoms with van der Waals surface area (Å²) >= 11 is 0. The number of amides is 6. The summed E-state index contributed by atoms with van der Waals surface area (Å²) in [7, 11) is 0. The van der Waals surface area contributed by atoms with Gasteiger partial charge in [0.05, 0.1) is 16.8 Å². The molecule has 3 aromatic carbocycles. The van der Waals surface area contributed by atoms with Gasteiger partial charge in [0.2, 0.25) is 17.7 Å². The third-order valence-corrected chi connectivity index (χ3v) is 10.7. The molecule has 0 bridgehead atoms. The van der Waals surface area contributed by atoms with Gasteiger partial charge in [-0.15, -0.1) is 0 Å². The van der Waals surface area contributed by atoms with Gasteiger partial charge in [-0.2, -0.15) is 0 Å². The minimum atomic E-state index is -1.07. The number of fused-ring (bicyclic) bond motifs is 2. The number of imide groups is 2. The Morgan fingerprint density at radius 2 is 1.66 bits per heavy atom. The molecule has 0 radical (unpaired) electrons. The van der Waals surface area contributed by atoms with Crippen LogP contribution in [0.15, 0.2) is 54.6 Å². The second kappa shape index (κ2) is 14.9. The Morgan fingerprint density at radius 1 is 0.906 bits per heavy atom. The van der Waals surface area contributed by atoms with Gasteiger partial charge in [-0.3, -0.25) is 43.9 Å². The molecule has 0 spiro atoms. The van der Waals surface area contributed by atoms with E-state index in [0.29, 0.717) is 25.1 Å². The standard InChI is InChI=1S/C40H44N6O7/c1-24(2)30-20-26(10-12-33(30)47)38(51)45-22-27-9-8-25(19-28(27)23-45)21-44-17-15-43(16-18-44)14-4-7-34(48)41-31-6-3-5-29-36(31)40(53)46(39(29)52)32-11-13-35(49)42-37(32)50/h3,5-6,8-10,12,19-20,24,32,47H,4,7,11,13-18,21-23H2,1-2H3,(H,41,48)(H,42,49,50). The number of benzene rings is 3. The van der Waals surface area contributed by atoms with Crippen molar-refractivity contribution in [1.82, 2.24) is 24.9 Å². The molecule has 53 heavy (non-hydrogen) atoms. The van der Waals surface area contributed by atoms with E-state index in [-0.39, 0.29) is 59.6 Å². The lowest BCUT2D eigenvalue weighted by Gasteiger charge is -2.34. The number of phenols is 1. The van der Waals surface area contributed by atoms with Crippen LogP contribution in [0.2, 0.25) is 0 Å². The van der Waals surface area contributed by atoms with Crippen molar-refractivity contribution in [2.24, 2.45) is 0 Å². The van der Waals surface area contributed by atoms with Crippen molar-refractivity contribution in [2.75, 3.05) is 38.0 Å². The molecule has 1 unspecified atom stereocenters. The van der Waals surface area contributed by atoms with Gasteiger partial charge < -0.3 is 20.2 Å². The summed E-state index contributed by atoms with van der Waals surface area (Å²) in [6, 6.07) is 15.2. The van der Waals surface area contributed by atoms with Gasteiger partial charge in [0.15, 0.2) is 0 Å². The Kier molecular flexibility index (Phi) is 10.1. The maximum Gasteiger partial charge on any atom is 0.264 e. The number of carbonyl (C=O) groups is 6. The molecule has 0 aliphatic carbocycles. The summed E-state index contributed by atoms with van der Waals surface area (Å²) in [6.07, 6.45) is 0.956. The van der Waals surface area contributed by atoms with Crippen molar-refractivity contribution >= 4 is 41.1 Å². The lowest BCUT2D eigenvalue weighted by atomic mass is 9.99. The van der Waals surface area contributed by atoms with Crippen LogP contribution in [-0.4, -0.2) is 98.9 Å². The Morgan fingerprint density at radius 3 is 2.42 bits per heavy atom. The number of piperidine rings is 1. The molecule has 276 valence electrons. The molecule has 0 aromatic heterocycles. The van der Waals surface area contributed by atoms with Crippen LogP contribution in [0.3, 0.4) is 0 Å². The number of phenolic OH excluding ortho intramolecular Hbond substituents is 1. The van der Waals surface area contributed by atoms with Crippen molar-refractivity contribution in [2.45, 2.75) is 71.1 Å². The van der Waals surface area contributed by atoms with Gasteiger partial charge in [-0.1, -0.05) is 38.1 Å². The van der Waals surface area contributed by atoms with Crippen LogP contribution >= 0.6 is 0 Å². The first kappa shape index (κ1) is 36.0. The normalized spacial score (nSPS) is 19.1. The van der Waals surface area contributed by atoms with Crippen molar-refractivity contribution < 1.29 is 33.9 Å². The zero-order valence-corrected chi connectivity index (χ0v) is 30.0. The van der Waals surface area contributed by atoms with Crippen LogP contribution in [0.4, 0.5) is 5.69 Å². The van der Waals surface area contributed by atoms with Crippen molar-refractivity contribution in [1.29, 1.82) is 0 Å². The molecular formula is C40H44N6O7. The van der Waals surface area contributed by atoms with E-state index in [1.807, 2.05) is 18.7 Å². The minimum Gasteiger partial charge on any atom is -0.508 e. The number of aromatic hydroxyl groups is 1. The average Bonchev–Trinajstić information content (AvgIpc) is 3.67. The number of anilines is 1. The highest BCUT2D eigenvalue weighted by Gasteiger charge is 2.45. The number of piperazine rings is 1. The molecule has 3 aromatic rings. The number of carbonyl (C=O) groups excluding carboxylic acids is 6. The number of hydrogen-bond acceptors (Lipinski definition) is 9. The van der Waals surface area contributed by atoms with Gasteiger partial charge in [-0.05, 0) is 77.9 Å². The first-order chi connectivity index (χ1) is 25.5. The topological polar surface area (TPSA) is 160 Å². The number of rotatable bonds is 10. The zero-order chi connectivity index (χ0) is 37.4. The molecular weight excluding hydrogens is 676 g/mol. The monoisotopic (exact) mass is 720 g/mol. The smallest absolute Gasteiger partial charge is 0.264 e. The van der Waals surface area contributed by atoms with Gasteiger partial charge in [0.25, 0.3) is 17.7 Å². The van der Waals surface area contributed by atoms with E-state index < -0.39 is 29.7 Å². The predicted octanol–water partition coefficient (Wildman–Crippen LogP) is 3.61. The molecule has 4 heterocycles. The van der Waals surface area contributed by atoms with Crippen molar-refractivity contribution in [3.8, 4) is 5.75 Å². The lowest BCUT2D eigenvalue weighted by molar-refractivity contribution is -0.136. The van der Waals surface area contributed by atoms with E-state index in [4.69, 9.17) is 0 Å². The third-order valence-electron chi connectivity index (χ3n) is 10.7. The molecule has 0 saturated carbocycles. The lowest BCUT2D eigenvalue weighted by Crippen LogP contribution is -2.54. The Hall–Kier alpha value is -5.40. The molecule has 4 aliphatic heterocycles. The van der Waals surface area contributed by atoms with E-state index in [1.165, 1.54) is 17.2 Å². The Bertz CT molecular complexity index is 2000. The highest BCUT2D eigenvalue weighted by atomic mass is 16.3. The summed E-state index contributed by atoms with van der Waals surface area (Å²) in [5.41, 5.74) is 5.32. The number of nitrogens with one attached hydrogen (secondary N) is 2. The summed E-state index contributed by atoms with van der Waals surface area (Å²) in [5.74, 6) is -2.37. The van der Waals surface area contributed by atoms with Crippen LogP contribution in [0.25, 0.3) is 0 Å². The van der Waals surface area contributed by atoms with Crippen LogP contribution in [-0.2, 0) is 34.0 Å². The molecule has 2 saturated heterocycles. The molecule has 1 atom stereocenters. The Balaban J connectivity index is 0.857. The molecule has 3 N–H and O–H groups in total. The first-order valence-corrected chi connectivity index (χ1v) is 18.3. The van der Waals surface area contributed by atoms with Crippen LogP contribution in [0.5, 0.6) is 5.75 Å². The molecule has 7 rings (SSSR count). The molecule has 4 aliphatic rings. The summed E-state index contributed by atoms with van der Waals surface area (Å²) in [6.45, 7) is 10.2. The van der Waals surface area contributed by atoms with Crippen LogP contribution in [0.1, 0.15) is 98.8 Å². The van der Waals surface area contributed by atoms with E-state index in [9.17, 15) is 33.9 Å². The Labute approximate surface area is 307 Å². The fourth-order valence-corrected chi connectivity index (χ4v) is 7.75. The van der Waals surface area contributed by atoms with Gasteiger partial charge in [0, 0.05) is 64.2 Å². The van der Waals surface area contributed by atoms with Crippen molar-refractivity contribution in [3.05, 3.63) is 93.5 Å². The summed E-state index contributed by atoms with van der Waals surface area (Å²) in [4.78, 5) is 84.2. The van der Waals surface area contributed by atoms with E-state index in [0.717, 1.165) is 55.3 Å². The largest absolute Gasteiger partial charge is 0.508 e. The zero-order valence-electron chi connectivity index (χ0n) is 30.0. The minimum absolute atomic E-state index is 0.0319. The second-order valence-corrected chi connectivity index (χ2v) is 14.6. The quantitative estimate of drug-likeness (QED) is 0.266. The summed E-state index contributed by atoms with van der Waals surface area (Å²) < 4.78 is 0. The molecule has 13 heteroatoms. The molecule has 6 amide bonds. The highest BCUT2D eigenvalue weighted by Crippen LogP contribution is 2.33. The number of nitrogens with zero attached hydrogens (tertiary/aromatic N) is 4. The maximum atomic E-state index is 13.3. The van der Waals surface area contributed by atoms with Crippen LogP contribution in [0, 0.1) is 0 Å². The average molecular weight is 721 g/mol. The molecule has 13 nitrogen and oxygen atoms in total. The SMILES string of the molecule is CC(C)c1cc(C(=O)N2Cc3ccc(CN4CCN(CCCC(=O)Nc5cccc6c5C(=O)N(C5CCC(=O)NC5=O)C6=O)CC4)cc3C2)ccc1O. The summed E-state index contributed by atoms with van der Waals surface area (Å²) in [5, 5.41) is 15.2. The fraction of sp³-hybridized carbons (Fsp3) is 0.400. The van der Waals surface area contributed by atoms with Gasteiger partial charge in [-0.25, -0.2) is 0 Å². The van der Waals surface area contributed by atoms with E-state index in [2.05, 4.69) is 38.6 Å². The molecule has 2 fully saturated rings. The maximum absolute atomic E-state index is 13.3. The van der Waals surface area contributed by atoms with Crippen LogP contribution < -0.4 is 10.6 Å². The predicted molar refractivity (Wildman–Crippen MR) is 195 cm³/mol. The third kappa shape index (κ3) is 7.44. The highest BCUT2D eigenvalue weighted by molar-refractivity contribution is 6.26. The van der Waals surface area contributed by atoms with E-state index in [1.54, 1.807) is 30.3 Å². The van der Waals surface area contributed by atoms with E-state index >= 15 is 0 Å². The second-order valence-electron chi connectivity index (χ2n) is 14.6. The van der Waals surface area contributed by atoms with Gasteiger partial charge in [0.1, 0.15) is 11.8 Å². The first-order valence-electron chi connectivity index (χ1n) is 18.3.